The fourth-order valence-electron chi connectivity index (χ4n) is 2.15. The first-order valence-electron chi connectivity index (χ1n) is 7.21. The molecule has 1 rings (SSSR count). The van der Waals surface area contributed by atoms with E-state index in [4.69, 9.17) is 10.8 Å². The summed E-state index contributed by atoms with van der Waals surface area (Å²) in [5.74, 6) is 0.655. The average molecular weight is 253 g/mol. The molecule has 4 heteroatoms. The second kappa shape index (κ2) is 8.97. The maximum Gasteiger partial charge on any atom is 0.122 e. The van der Waals surface area contributed by atoms with E-state index in [2.05, 4.69) is 12.0 Å². The summed E-state index contributed by atoms with van der Waals surface area (Å²) in [6.07, 6.45) is 10.2. The maximum atomic E-state index is 8.85. The number of aromatic nitrogens is 2. The summed E-state index contributed by atoms with van der Waals surface area (Å²) in [5.41, 5.74) is 6.85. The Balaban J connectivity index is 2.13. The van der Waals surface area contributed by atoms with Crippen LogP contribution in [0.5, 0.6) is 0 Å². The standard InChI is InChI=1S/C14H27N3O/c1-2-3-4-5-6-7-8-9-13-12-14(15)17(16-13)10-11-18/h12,18H,2-11,15H2,1H3. The monoisotopic (exact) mass is 253 g/mol. The number of nitrogen functional groups attached to an aromatic ring is 1. The molecular formula is C14H27N3O. The van der Waals surface area contributed by atoms with Crippen LogP contribution >= 0.6 is 0 Å². The van der Waals surface area contributed by atoms with Gasteiger partial charge in [0.1, 0.15) is 5.82 Å². The van der Waals surface area contributed by atoms with Crippen LogP contribution in [0.3, 0.4) is 0 Å². The molecule has 3 N–H and O–H groups in total. The van der Waals surface area contributed by atoms with Gasteiger partial charge in [0.15, 0.2) is 0 Å². The molecule has 4 nitrogen and oxygen atoms in total. The third-order valence-corrected chi connectivity index (χ3v) is 3.21. The molecule has 0 saturated heterocycles. The van der Waals surface area contributed by atoms with Gasteiger partial charge in [-0.1, -0.05) is 45.4 Å². The Kier molecular flexibility index (Phi) is 7.49. The maximum absolute atomic E-state index is 8.85. The molecule has 0 saturated carbocycles. The van der Waals surface area contributed by atoms with Crippen molar-refractivity contribution in [2.24, 2.45) is 0 Å². The summed E-state index contributed by atoms with van der Waals surface area (Å²) < 4.78 is 1.68. The normalized spacial score (nSPS) is 11.0. The van der Waals surface area contributed by atoms with E-state index in [9.17, 15) is 0 Å². The van der Waals surface area contributed by atoms with Gasteiger partial charge in [0, 0.05) is 6.07 Å². The summed E-state index contributed by atoms with van der Waals surface area (Å²) in [5, 5.41) is 13.2. The van der Waals surface area contributed by atoms with Crippen molar-refractivity contribution in [1.29, 1.82) is 0 Å². The number of nitrogens with two attached hydrogens (primary N) is 1. The van der Waals surface area contributed by atoms with E-state index < -0.39 is 0 Å². The van der Waals surface area contributed by atoms with Gasteiger partial charge < -0.3 is 10.8 Å². The summed E-state index contributed by atoms with van der Waals surface area (Å²) in [7, 11) is 0. The highest BCUT2D eigenvalue weighted by molar-refractivity contribution is 5.30. The Morgan fingerprint density at radius 1 is 1.17 bits per heavy atom. The second-order valence-corrected chi connectivity index (χ2v) is 4.88. The van der Waals surface area contributed by atoms with Gasteiger partial charge in [-0.05, 0) is 12.8 Å². The van der Waals surface area contributed by atoms with E-state index in [1.54, 1.807) is 4.68 Å². The van der Waals surface area contributed by atoms with Crippen molar-refractivity contribution in [3.05, 3.63) is 11.8 Å². The number of aryl methyl sites for hydroxylation is 1. The molecule has 0 unspecified atom stereocenters. The lowest BCUT2D eigenvalue weighted by atomic mass is 10.1. The quantitative estimate of drug-likeness (QED) is 0.630. The molecule has 0 aliphatic rings. The summed E-state index contributed by atoms with van der Waals surface area (Å²) in [6.45, 7) is 2.82. The van der Waals surface area contributed by atoms with Crippen LogP contribution < -0.4 is 5.73 Å². The molecule has 0 aromatic carbocycles. The van der Waals surface area contributed by atoms with Gasteiger partial charge in [0.2, 0.25) is 0 Å². The van der Waals surface area contributed by atoms with E-state index in [-0.39, 0.29) is 6.61 Å². The van der Waals surface area contributed by atoms with Crippen molar-refractivity contribution in [3.8, 4) is 0 Å². The molecule has 0 bridgehead atoms. The minimum atomic E-state index is 0.0861. The predicted molar refractivity (Wildman–Crippen MR) is 75.4 cm³/mol. The van der Waals surface area contributed by atoms with Crippen LogP contribution in [0.1, 0.15) is 57.6 Å². The first-order valence-corrected chi connectivity index (χ1v) is 7.21. The minimum absolute atomic E-state index is 0.0861. The molecule has 104 valence electrons. The third-order valence-electron chi connectivity index (χ3n) is 3.21. The second-order valence-electron chi connectivity index (χ2n) is 4.88. The van der Waals surface area contributed by atoms with Gasteiger partial charge in [-0.3, -0.25) is 0 Å². The van der Waals surface area contributed by atoms with Gasteiger partial charge in [0.05, 0.1) is 18.8 Å². The van der Waals surface area contributed by atoms with Gasteiger partial charge >= 0.3 is 0 Å². The number of aliphatic hydroxyl groups excluding tert-OH is 1. The number of anilines is 1. The largest absolute Gasteiger partial charge is 0.394 e. The highest BCUT2D eigenvalue weighted by atomic mass is 16.3. The summed E-state index contributed by atoms with van der Waals surface area (Å²) in [4.78, 5) is 0. The van der Waals surface area contributed by atoms with Crippen LogP contribution in [0.4, 0.5) is 5.82 Å². The summed E-state index contributed by atoms with van der Waals surface area (Å²) in [6, 6.07) is 1.92. The SMILES string of the molecule is CCCCCCCCCc1cc(N)n(CCO)n1. The van der Waals surface area contributed by atoms with Gasteiger partial charge in [-0.25, -0.2) is 4.68 Å². The lowest BCUT2D eigenvalue weighted by Crippen LogP contribution is -2.07. The van der Waals surface area contributed by atoms with Crippen LogP contribution in [0.15, 0.2) is 6.07 Å². The molecule has 18 heavy (non-hydrogen) atoms. The Hall–Kier alpha value is -1.03. The number of hydrogen-bond acceptors (Lipinski definition) is 3. The number of unbranched alkanes of at least 4 members (excludes halogenated alkanes) is 6. The molecular weight excluding hydrogens is 226 g/mol. The zero-order chi connectivity index (χ0) is 13.2. The lowest BCUT2D eigenvalue weighted by molar-refractivity contribution is 0.270. The van der Waals surface area contributed by atoms with Crippen LogP contribution in [0, 0.1) is 0 Å². The first-order chi connectivity index (χ1) is 8.77. The molecule has 0 amide bonds. The Morgan fingerprint density at radius 3 is 2.50 bits per heavy atom. The highest BCUT2D eigenvalue weighted by Crippen LogP contribution is 2.12. The topological polar surface area (TPSA) is 64.1 Å². The van der Waals surface area contributed by atoms with Crippen molar-refractivity contribution in [2.75, 3.05) is 12.3 Å². The number of rotatable bonds is 10. The molecule has 0 radical (unpaired) electrons. The smallest absolute Gasteiger partial charge is 0.122 e. The van der Waals surface area contributed by atoms with Crippen molar-refractivity contribution in [2.45, 2.75) is 64.8 Å². The third kappa shape index (κ3) is 5.54. The number of nitrogens with zero attached hydrogens (tertiary/aromatic N) is 2. The molecule has 0 fully saturated rings. The van der Waals surface area contributed by atoms with E-state index in [0.717, 1.165) is 12.1 Å². The fraction of sp³-hybridized carbons (Fsp3) is 0.786. The number of hydrogen-bond donors (Lipinski definition) is 2. The van der Waals surface area contributed by atoms with Crippen LogP contribution in [-0.4, -0.2) is 21.5 Å². The zero-order valence-electron chi connectivity index (χ0n) is 11.6. The summed E-state index contributed by atoms with van der Waals surface area (Å²) >= 11 is 0. The molecule has 0 aliphatic carbocycles. The van der Waals surface area contributed by atoms with E-state index in [1.807, 2.05) is 6.07 Å². The van der Waals surface area contributed by atoms with Gasteiger partial charge in [0.25, 0.3) is 0 Å². The molecule has 1 heterocycles. The van der Waals surface area contributed by atoms with Crippen molar-refractivity contribution < 1.29 is 5.11 Å². The zero-order valence-corrected chi connectivity index (χ0v) is 11.6. The fourth-order valence-corrected chi connectivity index (χ4v) is 2.15. The average Bonchev–Trinajstić information content (AvgIpc) is 2.70. The van der Waals surface area contributed by atoms with Crippen LogP contribution in [-0.2, 0) is 13.0 Å². The van der Waals surface area contributed by atoms with Crippen molar-refractivity contribution >= 4 is 5.82 Å². The Morgan fingerprint density at radius 2 is 1.83 bits per heavy atom. The van der Waals surface area contributed by atoms with Crippen LogP contribution in [0.2, 0.25) is 0 Å². The first kappa shape index (κ1) is 15.0. The molecule has 1 aromatic rings. The van der Waals surface area contributed by atoms with Crippen molar-refractivity contribution in [3.63, 3.8) is 0 Å². The molecule has 1 aromatic heterocycles. The number of aliphatic hydroxyl groups is 1. The Labute approximate surface area is 110 Å². The van der Waals surface area contributed by atoms with Gasteiger partial charge in [-0.2, -0.15) is 5.10 Å². The lowest BCUT2D eigenvalue weighted by Gasteiger charge is -2.00. The van der Waals surface area contributed by atoms with Gasteiger partial charge in [-0.15, -0.1) is 0 Å². The van der Waals surface area contributed by atoms with E-state index in [0.29, 0.717) is 12.4 Å². The predicted octanol–water partition coefficient (Wildman–Crippen LogP) is 2.75. The van der Waals surface area contributed by atoms with Crippen LogP contribution in [0.25, 0.3) is 0 Å². The highest BCUT2D eigenvalue weighted by Gasteiger charge is 2.04. The molecule has 0 spiro atoms. The molecule has 0 aliphatic heterocycles. The van der Waals surface area contributed by atoms with E-state index in [1.165, 1.54) is 44.9 Å². The Bertz CT molecular complexity index is 323. The minimum Gasteiger partial charge on any atom is -0.394 e. The van der Waals surface area contributed by atoms with E-state index >= 15 is 0 Å². The van der Waals surface area contributed by atoms with Crippen molar-refractivity contribution in [1.82, 2.24) is 9.78 Å². The molecule has 0 atom stereocenters.